The third kappa shape index (κ3) is 2.68. The van der Waals surface area contributed by atoms with Crippen LogP contribution in [0.2, 0.25) is 0 Å². The summed E-state index contributed by atoms with van der Waals surface area (Å²) in [6.45, 7) is 1.11. The summed E-state index contributed by atoms with van der Waals surface area (Å²) in [5.41, 5.74) is 2.18. The molecule has 1 saturated carbocycles. The van der Waals surface area contributed by atoms with Gasteiger partial charge in [0.25, 0.3) is 0 Å². The van der Waals surface area contributed by atoms with Gasteiger partial charge in [-0.15, -0.1) is 0 Å². The van der Waals surface area contributed by atoms with E-state index in [1.807, 2.05) is 13.2 Å². The lowest BCUT2D eigenvalue weighted by Crippen LogP contribution is -2.23. The lowest BCUT2D eigenvalue weighted by molar-refractivity contribution is 0.321. The topological polar surface area (TPSA) is 24.9 Å². The van der Waals surface area contributed by atoms with Crippen LogP contribution in [0.4, 0.5) is 4.39 Å². The minimum Gasteiger partial charge on any atom is -0.319 e. The maximum atomic E-state index is 13.5. The minimum atomic E-state index is -0.171. The molecule has 0 atom stereocenters. The molecule has 1 aliphatic carbocycles. The summed E-state index contributed by atoms with van der Waals surface area (Å²) in [7, 11) is 2.02. The molecule has 1 aromatic heterocycles. The van der Waals surface area contributed by atoms with E-state index in [4.69, 9.17) is 0 Å². The maximum absolute atomic E-state index is 13.5. The third-order valence-corrected chi connectivity index (χ3v) is 4.52. The molecule has 20 heavy (non-hydrogen) atoms. The normalized spacial score (nSPS) is 23.1. The van der Waals surface area contributed by atoms with Gasteiger partial charge in [0.1, 0.15) is 5.82 Å². The Morgan fingerprint density at radius 1 is 1.20 bits per heavy atom. The average molecular weight is 272 g/mol. The Kier molecular flexibility index (Phi) is 3.97. The highest BCUT2D eigenvalue weighted by Crippen LogP contribution is 2.38. The number of pyridine rings is 1. The zero-order valence-electron chi connectivity index (χ0n) is 11.9. The smallest absolute Gasteiger partial charge is 0.123 e. The second-order valence-corrected chi connectivity index (χ2v) is 5.84. The molecule has 106 valence electrons. The van der Waals surface area contributed by atoms with Crippen molar-refractivity contribution in [2.45, 2.75) is 31.6 Å². The summed E-state index contributed by atoms with van der Waals surface area (Å²) >= 11 is 0. The van der Waals surface area contributed by atoms with Crippen LogP contribution in [0.25, 0.3) is 10.9 Å². The Bertz CT molecular complexity index is 589. The van der Waals surface area contributed by atoms with Gasteiger partial charge in [-0.25, -0.2) is 4.39 Å². The first-order valence-corrected chi connectivity index (χ1v) is 7.46. The van der Waals surface area contributed by atoms with Crippen LogP contribution in [0, 0.1) is 11.7 Å². The highest BCUT2D eigenvalue weighted by atomic mass is 19.1. The number of nitrogens with one attached hydrogen (secondary N) is 1. The molecule has 1 aliphatic rings. The SMILES string of the molecule is CNCC1CCC(c2ccnc3ccc(F)cc23)CC1. The highest BCUT2D eigenvalue weighted by molar-refractivity contribution is 5.82. The van der Waals surface area contributed by atoms with Crippen LogP contribution in [0.1, 0.15) is 37.2 Å². The van der Waals surface area contributed by atoms with E-state index in [1.54, 1.807) is 12.1 Å². The molecule has 0 spiro atoms. The average Bonchev–Trinajstić information content (AvgIpc) is 2.48. The predicted molar refractivity (Wildman–Crippen MR) is 80.3 cm³/mol. The first-order valence-electron chi connectivity index (χ1n) is 7.46. The quantitative estimate of drug-likeness (QED) is 0.917. The minimum absolute atomic E-state index is 0.171. The molecule has 0 radical (unpaired) electrons. The Morgan fingerprint density at radius 3 is 2.75 bits per heavy atom. The molecule has 2 nitrogen and oxygen atoms in total. The van der Waals surface area contributed by atoms with E-state index in [9.17, 15) is 4.39 Å². The molecular formula is C17H21FN2. The molecule has 0 aliphatic heterocycles. The van der Waals surface area contributed by atoms with E-state index < -0.39 is 0 Å². The van der Waals surface area contributed by atoms with Crippen LogP contribution in [-0.2, 0) is 0 Å². The summed E-state index contributed by atoms with van der Waals surface area (Å²) in [5, 5.41) is 4.26. The fourth-order valence-corrected chi connectivity index (χ4v) is 3.46. The molecule has 0 amide bonds. The van der Waals surface area contributed by atoms with Gasteiger partial charge in [0.15, 0.2) is 0 Å². The standard InChI is InChI=1S/C17H21FN2/c1-19-11-12-2-4-13(5-3-12)15-8-9-20-17-7-6-14(18)10-16(15)17/h6-10,12-13,19H,2-5,11H2,1H3. The Labute approximate surface area is 119 Å². The fourth-order valence-electron chi connectivity index (χ4n) is 3.46. The highest BCUT2D eigenvalue weighted by Gasteiger charge is 2.23. The lowest BCUT2D eigenvalue weighted by Gasteiger charge is -2.29. The van der Waals surface area contributed by atoms with Crippen LogP contribution in [0.3, 0.4) is 0 Å². The molecule has 0 saturated heterocycles. The molecule has 2 aromatic rings. The summed E-state index contributed by atoms with van der Waals surface area (Å²) in [6, 6.07) is 6.98. The van der Waals surface area contributed by atoms with Crippen molar-refractivity contribution in [2.24, 2.45) is 5.92 Å². The van der Waals surface area contributed by atoms with Gasteiger partial charge < -0.3 is 5.32 Å². The van der Waals surface area contributed by atoms with Gasteiger partial charge >= 0.3 is 0 Å². The summed E-state index contributed by atoms with van der Waals surface area (Å²) in [5.74, 6) is 1.17. The van der Waals surface area contributed by atoms with Crippen molar-refractivity contribution < 1.29 is 4.39 Å². The molecule has 1 aromatic carbocycles. The zero-order valence-corrected chi connectivity index (χ0v) is 11.9. The van der Waals surface area contributed by atoms with Crippen molar-refractivity contribution in [2.75, 3.05) is 13.6 Å². The molecule has 3 heteroatoms. The van der Waals surface area contributed by atoms with Gasteiger partial charge in [0.2, 0.25) is 0 Å². The zero-order chi connectivity index (χ0) is 13.9. The van der Waals surface area contributed by atoms with E-state index in [0.717, 1.165) is 23.4 Å². The number of fused-ring (bicyclic) bond motifs is 1. The van der Waals surface area contributed by atoms with Crippen molar-refractivity contribution in [3.8, 4) is 0 Å². The van der Waals surface area contributed by atoms with Crippen LogP contribution in [0.5, 0.6) is 0 Å². The lowest BCUT2D eigenvalue weighted by atomic mass is 9.78. The molecule has 1 N–H and O–H groups in total. The van der Waals surface area contributed by atoms with Crippen molar-refractivity contribution in [1.82, 2.24) is 10.3 Å². The predicted octanol–water partition coefficient (Wildman–Crippen LogP) is 3.87. The molecule has 1 heterocycles. The van der Waals surface area contributed by atoms with Crippen molar-refractivity contribution in [3.05, 3.63) is 41.8 Å². The van der Waals surface area contributed by atoms with E-state index in [2.05, 4.69) is 16.4 Å². The van der Waals surface area contributed by atoms with Crippen molar-refractivity contribution >= 4 is 10.9 Å². The van der Waals surface area contributed by atoms with Gasteiger partial charge in [0.05, 0.1) is 5.52 Å². The van der Waals surface area contributed by atoms with Crippen LogP contribution < -0.4 is 5.32 Å². The number of aromatic nitrogens is 1. The van der Waals surface area contributed by atoms with E-state index in [0.29, 0.717) is 5.92 Å². The second-order valence-electron chi connectivity index (χ2n) is 5.84. The molecule has 0 bridgehead atoms. The number of hydrogen-bond acceptors (Lipinski definition) is 2. The number of halogens is 1. The van der Waals surface area contributed by atoms with E-state index in [1.165, 1.54) is 37.3 Å². The number of rotatable bonds is 3. The summed E-state index contributed by atoms with van der Waals surface area (Å²) in [4.78, 5) is 4.35. The second kappa shape index (κ2) is 5.88. The third-order valence-electron chi connectivity index (χ3n) is 4.52. The van der Waals surface area contributed by atoms with Gasteiger partial charge in [-0.3, -0.25) is 4.98 Å². The van der Waals surface area contributed by atoms with E-state index in [-0.39, 0.29) is 5.82 Å². The molecule has 0 unspecified atom stereocenters. The summed E-state index contributed by atoms with van der Waals surface area (Å²) < 4.78 is 13.5. The van der Waals surface area contributed by atoms with Gasteiger partial charge in [-0.05, 0) is 80.9 Å². The van der Waals surface area contributed by atoms with Crippen molar-refractivity contribution in [1.29, 1.82) is 0 Å². The Hall–Kier alpha value is -1.48. The first kappa shape index (κ1) is 13.5. The van der Waals surface area contributed by atoms with Crippen molar-refractivity contribution in [3.63, 3.8) is 0 Å². The first-order chi connectivity index (χ1) is 9.78. The van der Waals surface area contributed by atoms with Crippen LogP contribution >= 0.6 is 0 Å². The monoisotopic (exact) mass is 272 g/mol. The maximum Gasteiger partial charge on any atom is 0.123 e. The molecule has 3 rings (SSSR count). The Balaban J connectivity index is 1.86. The van der Waals surface area contributed by atoms with Gasteiger partial charge in [0, 0.05) is 11.6 Å². The van der Waals surface area contributed by atoms with Crippen LogP contribution in [-0.4, -0.2) is 18.6 Å². The molecule has 1 fully saturated rings. The van der Waals surface area contributed by atoms with Crippen LogP contribution in [0.15, 0.2) is 30.5 Å². The van der Waals surface area contributed by atoms with E-state index >= 15 is 0 Å². The molecular weight excluding hydrogens is 251 g/mol. The number of hydrogen-bond donors (Lipinski definition) is 1. The summed E-state index contributed by atoms with van der Waals surface area (Å²) in [6.07, 6.45) is 6.76. The largest absolute Gasteiger partial charge is 0.319 e. The van der Waals surface area contributed by atoms with Gasteiger partial charge in [-0.1, -0.05) is 0 Å². The fraction of sp³-hybridized carbons (Fsp3) is 0.471. The Morgan fingerprint density at radius 2 is 2.00 bits per heavy atom. The number of nitrogens with zero attached hydrogens (tertiary/aromatic N) is 1. The number of benzene rings is 1. The van der Waals surface area contributed by atoms with Gasteiger partial charge in [-0.2, -0.15) is 0 Å².